The first kappa shape index (κ1) is 22.2. The second kappa shape index (κ2) is 9.25. The highest BCUT2D eigenvalue weighted by Crippen LogP contribution is 2.27. The summed E-state index contributed by atoms with van der Waals surface area (Å²) in [5.41, 5.74) is 2.40. The van der Waals surface area contributed by atoms with Gasteiger partial charge in [-0.3, -0.25) is 4.79 Å². The number of aryl methyl sites for hydroxylation is 2. The fraction of sp³-hybridized carbons (Fsp3) is 0.600. The molecular weight excluding hydrogens is 436 g/mol. The van der Waals surface area contributed by atoms with E-state index < -0.39 is 10.0 Å². The van der Waals surface area contributed by atoms with Gasteiger partial charge in [0.15, 0.2) is 0 Å². The maximum atomic E-state index is 13.1. The minimum absolute atomic E-state index is 0.0290. The van der Waals surface area contributed by atoms with Crippen LogP contribution in [0.15, 0.2) is 28.3 Å². The molecular formula is C20H28N6O3S2. The number of fused-ring (bicyclic) bond motifs is 1. The molecule has 1 saturated heterocycles. The molecule has 1 fully saturated rings. The molecule has 1 aromatic heterocycles. The van der Waals surface area contributed by atoms with Crippen molar-refractivity contribution in [3.05, 3.63) is 29.3 Å². The van der Waals surface area contributed by atoms with Gasteiger partial charge in [-0.25, -0.2) is 13.1 Å². The lowest BCUT2D eigenvalue weighted by Crippen LogP contribution is -2.51. The standard InChI is InChI=1S/C20H28N6O3S2/c1-15(2)13-26-20(21-22-23-26)30-14-19(27)24-8-10-25(11-9-24)31(28,29)18-7-6-16-4-3-5-17(16)12-18/h6-7,12,15H,3-5,8-11,13-14H2,1-2H3. The van der Waals surface area contributed by atoms with Gasteiger partial charge in [0.2, 0.25) is 21.1 Å². The Labute approximate surface area is 187 Å². The van der Waals surface area contributed by atoms with E-state index in [1.165, 1.54) is 21.6 Å². The molecule has 0 saturated carbocycles. The number of nitrogens with zero attached hydrogens (tertiary/aromatic N) is 6. The van der Waals surface area contributed by atoms with E-state index in [4.69, 9.17) is 0 Å². The molecule has 0 spiro atoms. The highest BCUT2D eigenvalue weighted by Gasteiger charge is 2.31. The van der Waals surface area contributed by atoms with E-state index >= 15 is 0 Å². The average molecular weight is 465 g/mol. The maximum Gasteiger partial charge on any atom is 0.243 e. The van der Waals surface area contributed by atoms with Gasteiger partial charge in [0.05, 0.1) is 10.6 Å². The van der Waals surface area contributed by atoms with Gasteiger partial charge in [0.1, 0.15) is 0 Å². The number of carbonyl (C=O) groups is 1. The summed E-state index contributed by atoms with van der Waals surface area (Å²) >= 11 is 1.32. The first-order valence-corrected chi connectivity index (χ1v) is 13.1. The molecule has 168 valence electrons. The van der Waals surface area contributed by atoms with E-state index in [1.807, 2.05) is 12.1 Å². The Balaban J connectivity index is 1.32. The summed E-state index contributed by atoms with van der Waals surface area (Å²) in [7, 11) is -3.54. The van der Waals surface area contributed by atoms with Crippen molar-refractivity contribution in [1.29, 1.82) is 0 Å². The topological polar surface area (TPSA) is 101 Å². The molecule has 0 atom stereocenters. The van der Waals surface area contributed by atoms with Crippen LogP contribution in [-0.2, 0) is 34.2 Å². The quantitative estimate of drug-likeness (QED) is 0.572. The number of sulfonamides is 1. The third-order valence-electron chi connectivity index (χ3n) is 5.66. The third kappa shape index (κ3) is 4.93. The van der Waals surface area contributed by atoms with Crippen molar-refractivity contribution in [3.63, 3.8) is 0 Å². The molecule has 2 heterocycles. The molecule has 4 rings (SSSR count). The largest absolute Gasteiger partial charge is 0.339 e. The van der Waals surface area contributed by atoms with Gasteiger partial charge in [-0.2, -0.15) is 4.31 Å². The normalized spacial score (nSPS) is 17.3. The van der Waals surface area contributed by atoms with Gasteiger partial charge in [0, 0.05) is 32.7 Å². The molecule has 0 unspecified atom stereocenters. The van der Waals surface area contributed by atoms with E-state index in [0.717, 1.165) is 24.8 Å². The van der Waals surface area contributed by atoms with E-state index in [1.54, 1.807) is 15.6 Å². The number of hydrogen-bond donors (Lipinski definition) is 0. The lowest BCUT2D eigenvalue weighted by molar-refractivity contribution is -0.129. The molecule has 1 aliphatic carbocycles. The summed E-state index contributed by atoms with van der Waals surface area (Å²) in [6, 6.07) is 5.49. The number of thioether (sulfide) groups is 1. The minimum atomic E-state index is -3.54. The molecule has 9 nitrogen and oxygen atoms in total. The Morgan fingerprint density at radius 2 is 1.87 bits per heavy atom. The highest BCUT2D eigenvalue weighted by molar-refractivity contribution is 7.99. The van der Waals surface area contributed by atoms with Crippen LogP contribution in [0.2, 0.25) is 0 Å². The summed E-state index contributed by atoms with van der Waals surface area (Å²) in [6.07, 6.45) is 3.05. The first-order chi connectivity index (χ1) is 14.8. The molecule has 1 amide bonds. The summed E-state index contributed by atoms with van der Waals surface area (Å²) in [6.45, 7) is 6.25. The molecule has 1 aliphatic heterocycles. The van der Waals surface area contributed by atoms with Gasteiger partial charge in [-0.15, -0.1) is 5.10 Å². The smallest absolute Gasteiger partial charge is 0.243 e. The molecule has 11 heteroatoms. The van der Waals surface area contributed by atoms with Gasteiger partial charge >= 0.3 is 0 Å². The predicted molar refractivity (Wildman–Crippen MR) is 117 cm³/mol. The van der Waals surface area contributed by atoms with Crippen molar-refractivity contribution in [2.24, 2.45) is 5.92 Å². The maximum absolute atomic E-state index is 13.1. The molecule has 31 heavy (non-hydrogen) atoms. The van der Waals surface area contributed by atoms with E-state index in [0.29, 0.717) is 48.7 Å². The minimum Gasteiger partial charge on any atom is -0.339 e. The second-order valence-corrected chi connectivity index (χ2v) is 11.3. The van der Waals surface area contributed by atoms with Crippen LogP contribution in [0.3, 0.4) is 0 Å². The van der Waals surface area contributed by atoms with Gasteiger partial charge in [-0.1, -0.05) is 31.7 Å². The molecule has 1 aromatic carbocycles. The zero-order valence-electron chi connectivity index (χ0n) is 17.9. The van der Waals surface area contributed by atoms with Crippen molar-refractivity contribution in [2.75, 3.05) is 31.9 Å². The molecule has 0 radical (unpaired) electrons. The van der Waals surface area contributed by atoms with Gasteiger partial charge in [-0.05, 0) is 58.9 Å². The van der Waals surface area contributed by atoms with Crippen molar-refractivity contribution in [1.82, 2.24) is 29.4 Å². The molecule has 0 N–H and O–H groups in total. The number of aromatic nitrogens is 4. The summed E-state index contributed by atoms with van der Waals surface area (Å²) in [5.74, 6) is 0.605. The van der Waals surface area contributed by atoms with Gasteiger partial charge in [0.25, 0.3) is 0 Å². The number of tetrazole rings is 1. The van der Waals surface area contributed by atoms with Crippen LogP contribution >= 0.6 is 11.8 Å². The van der Waals surface area contributed by atoms with Crippen LogP contribution in [0.1, 0.15) is 31.4 Å². The van der Waals surface area contributed by atoms with Crippen LogP contribution in [0.4, 0.5) is 0 Å². The summed E-state index contributed by atoms with van der Waals surface area (Å²) in [4.78, 5) is 14.7. The highest BCUT2D eigenvalue weighted by atomic mass is 32.2. The lowest BCUT2D eigenvalue weighted by Gasteiger charge is -2.34. The Morgan fingerprint density at radius 1 is 1.13 bits per heavy atom. The summed E-state index contributed by atoms with van der Waals surface area (Å²) < 4.78 is 29.3. The first-order valence-electron chi connectivity index (χ1n) is 10.6. The third-order valence-corrected chi connectivity index (χ3v) is 8.50. The lowest BCUT2D eigenvalue weighted by atomic mass is 10.1. The van der Waals surface area contributed by atoms with E-state index in [2.05, 4.69) is 29.4 Å². The number of piperazine rings is 1. The Hall–Kier alpha value is -1.98. The van der Waals surface area contributed by atoms with Crippen LogP contribution in [0.25, 0.3) is 0 Å². The van der Waals surface area contributed by atoms with Gasteiger partial charge < -0.3 is 4.90 Å². The van der Waals surface area contributed by atoms with Crippen LogP contribution < -0.4 is 0 Å². The zero-order chi connectivity index (χ0) is 22.0. The molecule has 0 bridgehead atoms. The van der Waals surface area contributed by atoms with Crippen LogP contribution in [0.5, 0.6) is 0 Å². The monoisotopic (exact) mass is 464 g/mol. The predicted octanol–water partition coefficient (Wildman–Crippen LogP) is 1.44. The van der Waals surface area contributed by atoms with Crippen LogP contribution in [-0.4, -0.2) is 75.7 Å². The van der Waals surface area contributed by atoms with Crippen molar-refractivity contribution < 1.29 is 13.2 Å². The SMILES string of the molecule is CC(C)Cn1nnnc1SCC(=O)N1CCN(S(=O)(=O)c2ccc3c(c2)CCC3)CC1. The fourth-order valence-corrected chi connectivity index (χ4v) is 6.28. The Kier molecular flexibility index (Phi) is 6.63. The average Bonchev–Trinajstić information content (AvgIpc) is 3.40. The van der Waals surface area contributed by atoms with Crippen molar-refractivity contribution in [3.8, 4) is 0 Å². The van der Waals surface area contributed by atoms with Crippen molar-refractivity contribution >= 4 is 27.7 Å². The molecule has 2 aliphatic rings. The van der Waals surface area contributed by atoms with Crippen molar-refractivity contribution in [2.45, 2.75) is 49.7 Å². The Bertz CT molecular complexity index is 1040. The number of benzene rings is 1. The zero-order valence-corrected chi connectivity index (χ0v) is 19.5. The number of carbonyl (C=O) groups excluding carboxylic acids is 1. The van der Waals surface area contributed by atoms with E-state index in [-0.39, 0.29) is 11.7 Å². The number of rotatable bonds is 7. The van der Waals surface area contributed by atoms with Crippen LogP contribution in [0, 0.1) is 5.92 Å². The fourth-order valence-electron chi connectivity index (χ4n) is 4.01. The second-order valence-electron chi connectivity index (χ2n) is 8.40. The van der Waals surface area contributed by atoms with E-state index in [9.17, 15) is 13.2 Å². The Morgan fingerprint density at radius 3 is 2.61 bits per heavy atom. The summed E-state index contributed by atoms with van der Waals surface area (Å²) in [5, 5.41) is 12.3. The number of amides is 1. The number of hydrogen-bond acceptors (Lipinski definition) is 7. The molecule has 2 aromatic rings.